The van der Waals surface area contributed by atoms with Gasteiger partial charge < -0.3 is 0 Å². The highest BCUT2D eigenvalue weighted by Gasteiger charge is 2.29. The quantitative estimate of drug-likeness (QED) is 0.192. The van der Waals surface area contributed by atoms with Crippen LogP contribution in [0.1, 0.15) is 0 Å². The third kappa shape index (κ3) is 3.82. The number of benzene rings is 7. The molecule has 0 fully saturated rings. The van der Waals surface area contributed by atoms with Gasteiger partial charge in [0.05, 0.1) is 27.9 Å². The van der Waals surface area contributed by atoms with Crippen molar-refractivity contribution in [2.45, 2.75) is 9.79 Å². The van der Waals surface area contributed by atoms with Crippen molar-refractivity contribution in [3.8, 4) is 34.0 Å². The van der Waals surface area contributed by atoms with Crippen LogP contribution in [0, 0.1) is 0 Å². The molecule has 4 nitrogen and oxygen atoms in total. The summed E-state index contributed by atoms with van der Waals surface area (Å²) in [5.74, 6) is 0.720. The van der Waals surface area contributed by atoms with Crippen LogP contribution in [0.2, 0.25) is 0 Å². The molecule has 10 aromatic rings. The summed E-state index contributed by atoms with van der Waals surface area (Å²) in [5.41, 5.74) is 9.91. The zero-order chi connectivity index (χ0) is 32.1. The predicted octanol–water partition coefficient (Wildman–Crippen LogP) is 11.6. The normalized spacial score (nSPS) is 12.4. The molecule has 0 N–H and O–H groups in total. The molecular weight excluding hydrogens is 617 g/mol. The summed E-state index contributed by atoms with van der Waals surface area (Å²) >= 11 is 1.87. The number of aromatic nitrogens is 4. The third-order valence-corrected chi connectivity index (χ3v) is 11.0. The van der Waals surface area contributed by atoms with Gasteiger partial charge in [-0.3, -0.25) is 9.13 Å². The van der Waals surface area contributed by atoms with Gasteiger partial charge in [0.1, 0.15) is 5.65 Å². The summed E-state index contributed by atoms with van der Waals surface area (Å²) in [4.78, 5) is 12.7. The van der Waals surface area contributed by atoms with Crippen molar-refractivity contribution in [2.75, 3.05) is 0 Å². The fraction of sp³-hybridized carbons (Fsp3) is 0. The van der Waals surface area contributed by atoms with Crippen LogP contribution >= 0.6 is 11.8 Å². The van der Waals surface area contributed by atoms with Crippen LogP contribution in [0.15, 0.2) is 168 Å². The van der Waals surface area contributed by atoms with E-state index >= 15 is 0 Å². The molecule has 0 saturated heterocycles. The van der Waals surface area contributed by atoms with Gasteiger partial charge in [0.2, 0.25) is 0 Å². The number of hydrogen-bond donors (Lipinski definition) is 0. The first kappa shape index (κ1) is 26.9. The summed E-state index contributed by atoms with van der Waals surface area (Å²) in [6.45, 7) is 0. The average molecular weight is 643 g/mol. The molecule has 1 aliphatic heterocycles. The first-order chi connectivity index (χ1) is 24.3. The average Bonchev–Trinajstić information content (AvgIpc) is 3.69. The number of rotatable bonds is 3. The first-order valence-corrected chi connectivity index (χ1v) is 17.3. The van der Waals surface area contributed by atoms with Crippen molar-refractivity contribution in [1.29, 1.82) is 0 Å². The Morgan fingerprint density at radius 1 is 0.490 bits per heavy atom. The Hall–Kier alpha value is -6.17. The zero-order valence-electron chi connectivity index (χ0n) is 26.2. The van der Waals surface area contributed by atoms with Crippen LogP contribution < -0.4 is 0 Å². The van der Waals surface area contributed by atoms with Gasteiger partial charge in [-0.1, -0.05) is 115 Å². The van der Waals surface area contributed by atoms with Gasteiger partial charge in [-0.05, 0) is 65.4 Å². The zero-order valence-corrected chi connectivity index (χ0v) is 27.0. The largest absolute Gasteiger partial charge is 0.295 e. The van der Waals surface area contributed by atoms with E-state index in [9.17, 15) is 0 Å². The van der Waals surface area contributed by atoms with Crippen molar-refractivity contribution in [2.24, 2.45) is 0 Å². The maximum absolute atomic E-state index is 5.14. The standard InChI is InChI=1S/C44H26N4S/c1-2-12-27(13-3-1)41-32-16-6-8-18-34(32)45-43(46-41)28-22-24-30(25-23-28)47-35-19-9-7-17-33(35)40-39-31-15-5-4-14-29(31)26-38-42(39)48(44(40)47)36-20-10-11-21-37(36)49-38/h1-26H. The van der Waals surface area contributed by atoms with Crippen molar-refractivity contribution in [1.82, 2.24) is 19.1 Å². The van der Waals surface area contributed by atoms with Crippen LogP contribution in [-0.2, 0) is 0 Å². The highest BCUT2D eigenvalue weighted by molar-refractivity contribution is 7.99. The summed E-state index contributed by atoms with van der Waals surface area (Å²) in [7, 11) is 0. The van der Waals surface area contributed by atoms with Crippen LogP contribution in [0.25, 0.3) is 88.5 Å². The summed E-state index contributed by atoms with van der Waals surface area (Å²) in [6, 6.07) is 56.2. The highest BCUT2D eigenvalue weighted by Crippen LogP contribution is 2.51. The van der Waals surface area contributed by atoms with E-state index in [4.69, 9.17) is 9.97 Å². The molecule has 0 aliphatic carbocycles. The van der Waals surface area contributed by atoms with E-state index in [1.54, 1.807) is 0 Å². The smallest absolute Gasteiger partial charge is 0.160 e. The Kier molecular flexibility index (Phi) is 5.57. The lowest BCUT2D eigenvalue weighted by Crippen LogP contribution is -2.05. The van der Waals surface area contributed by atoms with E-state index < -0.39 is 0 Å². The van der Waals surface area contributed by atoms with E-state index in [0.717, 1.165) is 39.2 Å². The molecule has 0 saturated carbocycles. The number of hydrogen-bond acceptors (Lipinski definition) is 3. The van der Waals surface area contributed by atoms with E-state index in [1.807, 2.05) is 23.9 Å². The van der Waals surface area contributed by atoms with Crippen molar-refractivity contribution in [3.63, 3.8) is 0 Å². The Morgan fingerprint density at radius 2 is 1.20 bits per heavy atom. The van der Waals surface area contributed by atoms with Gasteiger partial charge >= 0.3 is 0 Å². The molecule has 49 heavy (non-hydrogen) atoms. The lowest BCUT2D eigenvalue weighted by Gasteiger charge is -2.21. The van der Waals surface area contributed by atoms with Crippen molar-refractivity contribution in [3.05, 3.63) is 158 Å². The van der Waals surface area contributed by atoms with Gasteiger partial charge in [-0.2, -0.15) is 0 Å². The van der Waals surface area contributed by atoms with Crippen LogP contribution in [0.5, 0.6) is 0 Å². The van der Waals surface area contributed by atoms with Crippen LogP contribution in [0.4, 0.5) is 0 Å². The fourth-order valence-electron chi connectivity index (χ4n) is 7.78. The molecule has 11 rings (SSSR count). The molecule has 7 aromatic carbocycles. The molecule has 0 bridgehead atoms. The molecule has 1 aliphatic rings. The molecule has 0 spiro atoms. The monoisotopic (exact) mass is 642 g/mol. The van der Waals surface area contributed by atoms with Gasteiger partial charge in [-0.15, -0.1) is 0 Å². The topological polar surface area (TPSA) is 35.6 Å². The van der Waals surface area contributed by atoms with Crippen molar-refractivity contribution >= 4 is 66.3 Å². The van der Waals surface area contributed by atoms with Crippen LogP contribution in [0.3, 0.4) is 0 Å². The van der Waals surface area contributed by atoms with Gasteiger partial charge in [0.15, 0.2) is 5.82 Å². The Morgan fingerprint density at radius 3 is 2.08 bits per heavy atom. The van der Waals surface area contributed by atoms with E-state index in [1.165, 1.54) is 59.1 Å². The highest BCUT2D eigenvalue weighted by atomic mass is 32.2. The molecular formula is C44H26N4S. The Balaban J connectivity index is 1.19. The minimum absolute atomic E-state index is 0.720. The molecule has 4 heterocycles. The molecule has 0 unspecified atom stereocenters. The summed E-state index contributed by atoms with van der Waals surface area (Å²) < 4.78 is 4.95. The maximum atomic E-state index is 5.14. The lowest BCUT2D eigenvalue weighted by molar-refractivity contribution is 1.03. The minimum atomic E-state index is 0.720. The number of para-hydroxylation sites is 3. The van der Waals surface area contributed by atoms with E-state index in [2.05, 4.69) is 155 Å². The minimum Gasteiger partial charge on any atom is -0.295 e. The Bertz CT molecular complexity index is 2960. The van der Waals surface area contributed by atoms with Crippen LogP contribution in [-0.4, -0.2) is 19.1 Å². The number of fused-ring (bicyclic) bond motifs is 10. The van der Waals surface area contributed by atoms with E-state index in [0.29, 0.717) is 0 Å². The first-order valence-electron chi connectivity index (χ1n) is 16.5. The molecule has 0 atom stereocenters. The molecule has 228 valence electrons. The molecule has 3 aromatic heterocycles. The second-order valence-electron chi connectivity index (χ2n) is 12.6. The molecule has 5 heteroatoms. The second kappa shape index (κ2) is 10.2. The van der Waals surface area contributed by atoms with Gasteiger partial charge in [0, 0.05) is 48.2 Å². The number of nitrogens with zero attached hydrogens (tertiary/aromatic N) is 4. The molecule has 0 radical (unpaired) electrons. The fourth-order valence-corrected chi connectivity index (χ4v) is 8.90. The molecule has 0 amide bonds. The third-order valence-electron chi connectivity index (χ3n) is 9.88. The summed E-state index contributed by atoms with van der Waals surface area (Å²) in [5, 5.41) is 7.45. The second-order valence-corrected chi connectivity index (χ2v) is 13.7. The Labute approximate surface area is 285 Å². The predicted molar refractivity (Wildman–Crippen MR) is 203 cm³/mol. The SMILES string of the molecule is c1ccc(-c2nc(-c3ccc(-n4c5ccccc5c5c6c7ccccc7cc7c6n(c54)-c4ccccc4S7)cc3)nc3ccccc23)cc1. The van der Waals surface area contributed by atoms with Gasteiger partial charge in [-0.25, -0.2) is 9.97 Å². The van der Waals surface area contributed by atoms with Crippen molar-refractivity contribution < 1.29 is 0 Å². The summed E-state index contributed by atoms with van der Waals surface area (Å²) in [6.07, 6.45) is 0. The maximum Gasteiger partial charge on any atom is 0.160 e. The van der Waals surface area contributed by atoms with Gasteiger partial charge in [0.25, 0.3) is 0 Å². The lowest BCUT2D eigenvalue weighted by atomic mass is 10.0. The van der Waals surface area contributed by atoms with E-state index in [-0.39, 0.29) is 0 Å².